The molecule has 0 aromatic carbocycles. The lowest BCUT2D eigenvalue weighted by molar-refractivity contribution is -0.131. The Morgan fingerprint density at radius 3 is 2.45 bits per heavy atom. The van der Waals surface area contributed by atoms with Crippen LogP contribution in [0.5, 0.6) is 0 Å². The van der Waals surface area contributed by atoms with Crippen molar-refractivity contribution in [2.75, 3.05) is 0 Å². The summed E-state index contributed by atoms with van der Waals surface area (Å²) in [6.07, 6.45) is 14.7. The first-order valence-corrected chi connectivity index (χ1v) is 7.87. The first kappa shape index (κ1) is 18.2. The predicted molar refractivity (Wildman–Crippen MR) is 93.8 cm³/mol. The molecule has 0 heterocycles. The van der Waals surface area contributed by atoms with Gasteiger partial charge in [-0.1, -0.05) is 49.8 Å². The molecule has 1 aliphatic rings. The summed E-state index contributed by atoms with van der Waals surface area (Å²) in [5.41, 5.74) is 5.31. The van der Waals surface area contributed by atoms with Crippen LogP contribution in [0, 0.1) is 5.41 Å². The van der Waals surface area contributed by atoms with Crippen molar-refractivity contribution in [1.29, 1.82) is 0 Å². The Bertz CT molecular complexity index is 567. The van der Waals surface area contributed by atoms with E-state index in [0.29, 0.717) is 0 Å². The summed E-state index contributed by atoms with van der Waals surface area (Å²) in [6, 6.07) is 0. The Labute approximate surface area is 134 Å². The average Bonchev–Trinajstić information content (AvgIpc) is 2.36. The summed E-state index contributed by atoms with van der Waals surface area (Å²) < 4.78 is 0. The fourth-order valence-corrected chi connectivity index (χ4v) is 3.29. The van der Waals surface area contributed by atoms with E-state index in [1.54, 1.807) is 13.0 Å². The van der Waals surface area contributed by atoms with Crippen molar-refractivity contribution in [3.8, 4) is 0 Å². The highest BCUT2D eigenvalue weighted by atomic mass is 16.4. The van der Waals surface area contributed by atoms with Crippen LogP contribution in [0.25, 0.3) is 0 Å². The Hall–Kier alpha value is -1.83. The Balaban J connectivity index is 2.80. The number of hydrogen-bond acceptors (Lipinski definition) is 1. The van der Waals surface area contributed by atoms with Gasteiger partial charge in [0, 0.05) is 6.08 Å². The second-order valence-electron chi connectivity index (χ2n) is 6.71. The van der Waals surface area contributed by atoms with Gasteiger partial charge in [-0.15, -0.1) is 0 Å². The van der Waals surface area contributed by atoms with Crippen molar-refractivity contribution < 1.29 is 9.90 Å². The van der Waals surface area contributed by atoms with E-state index in [9.17, 15) is 4.79 Å². The van der Waals surface area contributed by atoms with E-state index in [4.69, 9.17) is 5.11 Å². The molecule has 1 N–H and O–H groups in total. The topological polar surface area (TPSA) is 37.3 Å². The minimum atomic E-state index is -0.913. The number of aliphatic carboxylic acids is 1. The third kappa shape index (κ3) is 5.51. The number of rotatable bonds is 5. The highest BCUT2D eigenvalue weighted by Crippen LogP contribution is 2.43. The fraction of sp³-hybridized carbons (Fsp3) is 0.450. The van der Waals surface area contributed by atoms with Crippen molar-refractivity contribution in [2.45, 2.75) is 53.9 Å². The third-order valence-electron chi connectivity index (χ3n) is 4.13. The summed E-state index contributed by atoms with van der Waals surface area (Å²) in [6.45, 7) is 10.9. The van der Waals surface area contributed by atoms with E-state index in [1.807, 2.05) is 18.2 Å². The Morgan fingerprint density at radius 1 is 1.18 bits per heavy atom. The molecule has 0 saturated carbocycles. The molecule has 0 fully saturated rings. The first-order chi connectivity index (χ1) is 10.2. The van der Waals surface area contributed by atoms with Crippen LogP contribution in [-0.2, 0) is 4.79 Å². The summed E-state index contributed by atoms with van der Waals surface area (Å²) >= 11 is 0. The van der Waals surface area contributed by atoms with Crippen LogP contribution < -0.4 is 0 Å². The van der Waals surface area contributed by atoms with Gasteiger partial charge in [0.05, 0.1) is 0 Å². The van der Waals surface area contributed by atoms with Gasteiger partial charge < -0.3 is 5.11 Å². The Morgan fingerprint density at radius 2 is 1.86 bits per heavy atom. The maximum Gasteiger partial charge on any atom is 0.328 e. The average molecular weight is 300 g/mol. The number of carboxylic acids is 1. The maximum atomic E-state index is 10.5. The lowest BCUT2D eigenvalue weighted by Gasteiger charge is -2.35. The van der Waals surface area contributed by atoms with Gasteiger partial charge in [-0.2, -0.15) is 0 Å². The second-order valence-corrected chi connectivity index (χ2v) is 6.71. The van der Waals surface area contributed by atoms with Crippen LogP contribution in [-0.4, -0.2) is 11.1 Å². The SMILES string of the molecule is CC1=C(/C(C)=C/C=C/C=C/C(C)=C/C(=O)O)C(C)(C)CCC1. The molecule has 120 valence electrons. The molecule has 0 aromatic heterocycles. The normalized spacial score (nSPS) is 20.2. The lowest BCUT2D eigenvalue weighted by atomic mass is 9.70. The molecule has 0 aromatic rings. The van der Waals surface area contributed by atoms with E-state index < -0.39 is 5.97 Å². The van der Waals surface area contributed by atoms with Crippen molar-refractivity contribution in [3.05, 3.63) is 58.7 Å². The standard InChI is InChI=1S/C20H28O2/c1-15(14-18(21)22)10-7-6-8-11-16(2)19-17(3)12-9-13-20(19,4)5/h6-8,10-11,14H,9,12-13H2,1-5H3,(H,21,22)/b8-6+,10-7+,15-14+,16-11+. The number of carbonyl (C=O) groups is 1. The van der Waals surface area contributed by atoms with Gasteiger partial charge in [0.2, 0.25) is 0 Å². The molecule has 1 rings (SSSR count). The van der Waals surface area contributed by atoms with Crippen molar-refractivity contribution in [3.63, 3.8) is 0 Å². The molecular formula is C20H28O2. The minimum Gasteiger partial charge on any atom is -0.478 e. The van der Waals surface area contributed by atoms with Crippen LogP contribution in [0.3, 0.4) is 0 Å². The maximum absolute atomic E-state index is 10.5. The van der Waals surface area contributed by atoms with Crippen LogP contribution >= 0.6 is 0 Å². The van der Waals surface area contributed by atoms with Crippen molar-refractivity contribution in [2.24, 2.45) is 5.41 Å². The van der Waals surface area contributed by atoms with Gasteiger partial charge >= 0.3 is 5.97 Å². The highest BCUT2D eigenvalue weighted by molar-refractivity contribution is 5.81. The van der Waals surface area contributed by atoms with E-state index in [1.165, 1.54) is 42.1 Å². The largest absolute Gasteiger partial charge is 0.478 e. The second kappa shape index (κ2) is 7.98. The molecular weight excluding hydrogens is 272 g/mol. The van der Waals surface area contributed by atoms with E-state index in [-0.39, 0.29) is 5.41 Å². The van der Waals surface area contributed by atoms with Crippen LogP contribution in [0.4, 0.5) is 0 Å². The molecule has 0 spiro atoms. The molecule has 0 bridgehead atoms. The van der Waals surface area contributed by atoms with Gasteiger partial charge in [-0.3, -0.25) is 0 Å². The summed E-state index contributed by atoms with van der Waals surface area (Å²) in [4.78, 5) is 10.5. The zero-order valence-electron chi connectivity index (χ0n) is 14.4. The molecule has 0 amide bonds. The number of carboxylic acid groups (broad SMARTS) is 1. The van der Waals surface area contributed by atoms with Gasteiger partial charge in [-0.05, 0) is 62.2 Å². The first-order valence-electron chi connectivity index (χ1n) is 7.87. The molecule has 22 heavy (non-hydrogen) atoms. The number of allylic oxidation sites excluding steroid dienone is 9. The summed E-state index contributed by atoms with van der Waals surface area (Å²) in [5, 5.41) is 8.63. The van der Waals surface area contributed by atoms with Crippen LogP contribution in [0.2, 0.25) is 0 Å². The minimum absolute atomic E-state index is 0.257. The van der Waals surface area contributed by atoms with Crippen molar-refractivity contribution >= 4 is 5.97 Å². The summed E-state index contributed by atoms with van der Waals surface area (Å²) in [5.74, 6) is -0.913. The van der Waals surface area contributed by atoms with Crippen molar-refractivity contribution in [1.82, 2.24) is 0 Å². The summed E-state index contributed by atoms with van der Waals surface area (Å²) in [7, 11) is 0. The van der Waals surface area contributed by atoms with Gasteiger partial charge in [0.25, 0.3) is 0 Å². The van der Waals surface area contributed by atoms with E-state index in [2.05, 4.69) is 33.8 Å². The zero-order valence-corrected chi connectivity index (χ0v) is 14.4. The van der Waals surface area contributed by atoms with E-state index >= 15 is 0 Å². The molecule has 2 nitrogen and oxygen atoms in total. The van der Waals surface area contributed by atoms with Crippen LogP contribution in [0.1, 0.15) is 53.9 Å². The zero-order chi connectivity index (χ0) is 16.8. The quantitative estimate of drug-likeness (QED) is 0.530. The van der Waals surface area contributed by atoms with E-state index in [0.717, 1.165) is 5.57 Å². The molecule has 0 atom stereocenters. The number of hydrogen-bond donors (Lipinski definition) is 1. The smallest absolute Gasteiger partial charge is 0.328 e. The van der Waals surface area contributed by atoms with Gasteiger partial charge in [0.1, 0.15) is 0 Å². The van der Waals surface area contributed by atoms with Gasteiger partial charge in [-0.25, -0.2) is 4.79 Å². The van der Waals surface area contributed by atoms with Gasteiger partial charge in [0.15, 0.2) is 0 Å². The molecule has 0 saturated heterocycles. The van der Waals surface area contributed by atoms with Crippen LogP contribution in [0.15, 0.2) is 58.7 Å². The third-order valence-corrected chi connectivity index (χ3v) is 4.13. The molecule has 0 aliphatic heterocycles. The Kier molecular flexibility index (Phi) is 6.61. The molecule has 0 unspecified atom stereocenters. The molecule has 0 radical (unpaired) electrons. The molecule has 1 aliphatic carbocycles. The monoisotopic (exact) mass is 300 g/mol. The molecule has 2 heteroatoms. The lowest BCUT2D eigenvalue weighted by Crippen LogP contribution is -2.21. The fourth-order valence-electron chi connectivity index (χ4n) is 3.29. The highest BCUT2D eigenvalue weighted by Gasteiger charge is 2.28. The predicted octanol–water partition coefficient (Wildman–Crippen LogP) is 5.60.